The lowest BCUT2D eigenvalue weighted by molar-refractivity contribution is 0.00523. The van der Waals surface area contributed by atoms with Gasteiger partial charge in [-0.25, -0.2) is 9.78 Å². The second kappa shape index (κ2) is 5.03. The van der Waals surface area contributed by atoms with Gasteiger partial charge in [-0.15, -0.1) is 0 Å². The van der Waals surface area contributed by atoms with Crippen molar-refractivity contribution in [3.05, 3.63) is 23.4 Å². The van der Waals surface area contributed by atoms with E-state index < -0.39 is 0 Å². The normalized spacial score (nSPS) is 31.4. The second-order valence-electron chi connectivity index (χ2n) is 5.36. The molecule has 1 aromatic rings. The number of esters is 1. The van der Waals surface area contributed by atoms with Gasteiger partial charge in [-0.05, 0) is 25.5 Å². The quantitative estimate of drug-likeness (QED) is 0.791. The number of carbonyl (C=O) groups excluding carboxylic acids is 1. The number of aromatic nitrogens is 1. The molecule has 6 heteroatoms. The highest BCUT2D eigenvalue weighted by Crippen LogP contribution is 2.39. The number of pyridine rings is 1. The Balaban J connectivity index is 1.72. The predicted octanol–water partition coefficient (Wildman–Crippen LogP) is 0.703. The summed E-state index contributed by atoms with van der Waals surface area (Å²) in [6, 6.07) is 3.69. The molecular formula is C14H19N3O3. The van der Waals surface area contributed by atoms with Crippen LogP contribution in [0.1, 0.15) is 22.5 Å². The van der Waals surface area contributed by atoms with Crippen molar-refractivity contribution in [1.82, 2.24) is 4.98 Å². The van der Waals surface area contributed by atoms with Gasteiger partial charge in [0.15, 0.2) is 0 Å². The monoisotopic (exact) mass is 277 g/mol. The molecule has 6 nitrogen and oxygen atoms in total. The Morgan fingerprint density at radius 2 is 2.35 bits per heavy atom. The van der Waals surface area contributed by atoms with Gasteiger partial charge in [-0.3, -0.25) is 0 Å². The Hall–Kier alpha value is -1.66. The van der Waals surface area contributed by atoms with Gasteiger partial charge in [0.25, 0.3) is 0 Å². The van der Waals surface area contributed by atoms with E-state index in [-0.39, 0.29) is 24.2 Å². The highest BCUT2D eigenvalue weighted by atomic mass is 16.5. The maximum atomic E-state index is 11.5. The average molecular weight is 277 g/mol. The fraction of sp³-hybridized carbons (Fsp3) is 0.571. The molecule has 2 fully saturated rings. The Morgan fingerprint density at radius 1 is 1.55 bits per heavy atom. The Morgan fingerprint density at radius 3 is 3.05 bits per heavy atom. The van der Waals surface area contributed by atoms with Crippen molar-refractivity contribution < 1.29 is 14.3 Å². The number of methoxy groups -OCH3 is 1. The topological polar surface area (TPSA) is 86.5 Å². The van der Waals surface area contributed by atoms with Crippen LogP contribution in [0.25, 0.3) is 0 Å². The van der Waals surface area contributed by atoms with Crippen molar-refractivity contribution in [2.24, 2.45) is 11.7 Å². The maximum Gasteiger partial charge on any atom is 0.339 e. The highest BCUT2D eigenvalue weighted by molar-refractivity contribution is 5.90. The summed E-state index contributed by atoms with van der Waals surface area (Å²) in [4.78, 5) is 15.9. The van der Waals surface area contributed by atoms with Crippen molar-refractivity contribution >= 4 is 11.8 Å². The summed E-state index contributed by atoms with van der Waals surface area (Å²) in [5, 5.41) is 3.31. The molecule has 0 aromatic carbocycles. The van der Waals surface area contributed by atoms with Crippen LogP contribution in [0.5, 0.6) is 0 Å². The standard InChI is InChI=1S/C14H19N3O3/c1-7-8(14(18)19-2)3-4-10(16-7)17-12-11(15)9-5-6-20-13(9)12/h3-4,9,11-13H,5-6,15H2,1-2H3,(H,16,17). The Kier molecular flexibility index (Phi) is 3.35. The molecule has 0 spiro atoms. The number of nitrogens with one attached hydrogen (secondary N) is 1. The number of fused-ring (bicyclic) bond motifs is 1. The van der Waals surface area contributed by atoms with Crippen LogP contribution in [0.15, 0.2) is 12.1 Å². The summed E-state index contributed by atoms with van der Waals surface area (Å²) in [5.74, 6) is 0.800. The maximum absolute atomic E-state index is 11.5. The SMILES string of the molecule is COC(=O)c1ccc(NC2C(N)C3CCOC32)nc1C. The van der Waals surface area contributed by atoms with Gasteiger partial charge in [0.2, 0.25) is 0 Å². The summed E-state index contributed by atoms with van der Waals surface area (Å²) in [5.41, 5.74) is 7.26. The minimum Gasteiger partial charge on any atom is -0.465 e. The second-order valence-corrected chi connectivity index (χ2v) is 5.36. The van der Waals surface area contributed by atoms with Crippen LogP contribution in [0.4, 0.5) is 5.82 Å². The van der Waals surface area contributed by atoms with Crippen LogP contribution in [0.2, 0.25) is 0 Å². The number of aryl methyl sites for hydroxylation is 1. The van der Waals surface area contributed by atoms with Crippen molar-refractivity contribution in [1.29, 1.82) is 0 Å². The summed E-state index contributed by atoms with van der Waals surface area (Å²) in [7, 11) is 1.36. The number of rotatable bonds is 3. The van der Waals surface area contributed by atoms with E-state index >= 15 is 0 Å². The average Bonchev–Trinajstić information content (AvgIpc) is 2.89. The van der Waals surface area contributed by atoms with E-state index in [1.807, 2.05) is 0 Å². The molecule has 1 saturated carbocycles. The van der Waals surface area contributed by atoms with Crippen molar-refractivity contribution in [3.63, 3.8) is 0 Å². The van der Waals surface area contributed by atoms with E-state index in [2.05, 4.69) is 10.3 Å². The summed E-state index contributed by atoms with van der Waals surface area (Å²) in [6.45, 7) is 2.57. The molecule has 3 rings (SSSR count). The molecule has 108 valence electrons. The van der Waals surface area contributed by atoms with Crippen LogP contribution in [-0.2, 0) is 9.47 Å². The molecule has 2 heterocycles. The van der Waals surface area contributed by atoms with E-state index in [9.17, 15) is 4.79 Å². The van der Waals surface area contributed by atoms with Gasteiger partial charge in [-0.1, -0.05) is 0 Å². The smallest absolute Gasteiger partial charge is 0.339 e. The van der Waals surface area contributed by atoms with Crippen LogP contribution >= 0.6 is 0 Å². The molecule has 1 aliphatic carbocycles. The summed E-state index contributed by atoms with van der Waals surface area (Å²) >= 11 is 0. The van der Waals surface area contributed by atoms with Crippen LogP contribution in [0, 0.1) is 12.8 Å². The highest BCUT2D eigenvalue weighted by Gasteiger charge is 2.52. The van der Waals surface area contributed by atoms with Gasteiger partial charge in [0, 0.05) is 18.6 Å². The molecule has 1 aliphatic heterocycles. The third-order valence-electron chi connectivity index (χ3n) is 4.25. The minimum absolute atomic E-state index is 0.0957. The molecule has 0 bridgehead atoms. The molecule has 4 unspecified atom stereocenters. The number of carbonyl (C=O) groups is 1. The lowest BCUT2D eigenvalue weighted by Gasteiger charge is -2.45. The van der Waals surface area contributed by atoms with E-state index in [1.54, 1.807) is 19.1 Å². The molecule has 0 amide bonds. The first-order valence-corrected chi connectivity index (χ1v) is 6.81. The molecule has 1 aromatic heterocycles. The Bertz CT molecular complexity index is 534. The van der Waals surface area contributed by atoms with Crippen molar-refractivity contribution in [2.45, 2.75) is 31.5 Å². The molecule has 1 saturated heterocycles. The largest absolute Gasteiger partial charge is 0.465 e. The van der Waals surface area contributed by atoms with Crippen LogP contribution in [0.3, 0.4) is 0 Å². The number of ether oxygens (including phenoxy) is 2. The van der Waals surface area contributed by atoms with E-state index in [0.29, 0.717) is 23.0 Å². The molecule has 0 radical (unpaired) electrons. The first kappa shape index (κ1) is 13.3. The molecule has 3 N–H and O–H groups in total. The molecule has 4 atom stereocenters. The van der Waals surface area contributed by atoms with Crippen molar-refractivity contribution in [3.8, 4) is 0 Å². The zero-order chi connectivity index (χ0) is 14.3. The first-order valence-electron chi connectivity index (χ1n) is 6.81. The number of nitrogens with two attached hydrogens (primary N) is 1. The van der Waals surface area contributed by atoms with Gasteiger partial charge < -0.3 is 20.5 Å². The summed E-state index contributed by atoms with van der Waals surface area (Å²) < 4.78 is 10.4. The van der Waals surface area contributed by atoms with Gasteiger partial charge in [0.1, 0.15) is 5.82 Å². The minimum atomic E-state index is -0.374. The number of hydrogen-bond donors (Lipinski definition) is 2. The fourth-order valence-electron chi connectivity index (χ4n) is 3.07. The third kappa shape index (κ3) is 2.05. The van der Waals surface area contributed by atoms with Gasteiger partial charge in [0.05, 0.1) is 30.5 Å². The first-order chi connectivity index (χ1) is 9.61. The van der Waals surface area contributed by atoms with E-state index in [4.69, 9.17) is 15.2 Å². The van der Waals surface area contributed by atoms with Gasteiger partial charge in [-0.2, -0.15) is 0 Å². The third-order valence-corrected chi connectivity index (χ3v) is 4.25. The predicted molar refractivity (Wildman–Crippen MR) is 73.5 cm³/mol. The number of nitrogens with zero attached hydrogens (tertiary/aromatic N) is 1. The van der Waals surface area contributed by atoms with Crippen molar-refractivity contribution in [2.75, 3.05) is 19.0 Å². The molecule has 20 heavy (non-hydrogen) atoms. The zero-order valence-electron chi connectivity index (χ0n) is 11.6. The van der Waals surface area contributed by atoms with Gasteiger partial charge >= 0.3 is 5.97 Å². The van der Waals surface area contributed by atoms with Crippen LogP contribution in [-0.4, -0.2) is 42.9 Å². The zero-order valence-corrected chi connectivity index (χ0v) is 11.6. The van der Waals surface area contributed by atoms with E-state index in [0.717, 1.165) is 13.0 Å². The molecular weight excluding hydrogens is 258 g/mol. The van der Waals surface area contributed by atoms with Crippen LogP contribution < -0.4 is 11.1 Å². The fourth-order valence-corrected chi connectivity index (χ4v) is 3.07. The number of hydrogen-bond acceptors (Lipinski definition) is 6. The lowest BCUT2D eigenvalue weighted by Crippen LogP contribution is -2.65. The number of anilines is 1. The molecule has 2 aliphatic rings. The van der Waals surface area contributed by atoms with E-state index in [1.165, 1.54) is 7.11 Å². The lowest BCUT2D eigenvalue weighted by atomic mass is 9.72. The summed E-state index contributed by atoms with van der Waals surface area (Å²) in [6.07, 6.45) is 1.23. The Labute approximate surface area is 117 Å².